The zero-order chi connectivity index (χ0) is 31.0. The van der Waals surface area contributed by atoms with Crippen molar-refractivity contribution in [1.29, 1.82) is 0 Å². The molecule has 0 aromatic carbocycles. The Hall–Kier alpha value is -3.06. The van der Waals surface area contributed by atoms with E-state index in [4.69, 9.17) is 33.7 Å². The number of carbonyl (C=O) groups excluding carboxylic acids is 2. The van der Waals surface area contributed by atoms with Crippen LogP contribution in [0.3, 0.4) is 0 Å². The predicted molar refractivity (Wildman–Crippen MR) is 173 cm³/mol. The number of thiophene rings is 2. The Kier molecular flexibility index (Phi) is 11.2. The molecule has 10 nitrogen and oxygen atoms in total. The van der Waals surface area contributed by atoms with E-state index in [0.29, 0.717) is 5.82 Å². The van der Waals surface area contributed by atoms with Crippen LogP contribution in [0.5, 0.6) is 5.06 Å². The van der Waals surface area contributed by atoms with E-state index in [1.54, 1.807) is 24.5 Å². The van der Waals surface area contributed by atoms with Crippen LogP contribution in [-0.4, -0.2) is 52.4 Å². The molecule has 6 N–H and O–H groups in total. The molecule has 2 saturated heterocycles. The maximum Gasteiger partial charge on any atom is 0.232 e. The largest absolute Gasteiger partial charge is 0.487 e. The summed E-state index contributed by atoms with van der Waals surface area (Å²) in [6, 6.07) is 11.4. The highest BCUT2D eigenvalue weighted by Gasteiger charge is 2.40. The van der Waals surface area contributed by atoms with Crippen LogP contribution in [0.2, 0.25) is 8.67 Å². The minimum absolute atomic E-state index is 0.0485. The second-order valence-corrected chi connectivity index (χ2v) is 14.3. The van der Waals surface area contributed by atoms with Gasteiger partial charge in [-0.05, 0) is 82.7 Å². The lowest BCUT2D eigenvalue weighted by atomic mass is 9.79. The number of nitrogen functional groups attached to an aromatic ring is 1. The Morgan fingerprint density at radius 1 is 0.884 bits per heavy atom. The molecular formula is C29H37Cl2N7O3S2. The number of aryl methyl sites for hydroxylation is 2. The van der Waals surface area contributed by atoms with Crippen molar-refractivity contribution in [2.24, 2.45) is 0 Å². The molecule has 2 atom stereocenters. The van der Waals surface area contributed by atoms with Crippen molar-refractivity contribution in [2.75, 3.05) is 25.9 Å². The quantitative estimate of drug-likeness (QED) is 0.180. The fourth-order valence-electron chi connectivity index (χ4n) is 4.95. The van der Waals surface area contributed by atoms with E-state index in [-0.39, 0.29) is 11.8 Å². The van der Waals surface area contributed by atoms with Crippen LogP contribution in [0.4, 0.5) is 5.82 Å². The van der Waals surface area contributed by atoms with Gasteiger partial charge in [0, 0.05) is 29.7 Å². The van der Waals surface area contributed by atoms with Gasteiger partial charge in [0.05, 0.1) is 38.0 Å². The highest BCUT2D eigenvalue weighted by Crippen LogP contribution is 2.32. The SMILES string of the molecule is CC1(c2cc(CCc3ccc(Cl)s3)[nH]n2)CCCNC1=O.CC1(c2cc(N)n[nH]2)CCCNC1=O.COc1ccc(Cl)s1. The van der Waals surface area contributed by atoms with Gasteiger partial charge in [-0.15, -0.1) is 11.3 Å². The van der Waals surface area contributed by atoms with E-state index in [0.717, 1.165) is 82.4 Å². The summed E-state index contributed by atoms with van der Waals surface area (Å²) in [5, 5.41) is 20.7. The fourth-order valence-corrected chi connectivity index (χ4v) is 6.88. The molecule has 4 aromatic rings. The normalized spacial score (nSPS) is 21.5. The number of aromatic nitrogens is 4. The summed E-state index contributed by atoms with van der Waals surface area (Å²) in [5.74, 6) is 0.559. The Balaban J connectivity index is 0.000000165. The molecule has 6 heterocycles. The zero-order valence-electron chi connectivity index (χ0n) is 24.4. The number of hydrogen-bond acceptors (Lipinski definition) is 8. The number of halogens is 2. The van der Waals surface area contributed by atoms with E-state index >= 15 is 0 Å². The summed E-state index contributed by atoms with van der Waals surface area (Å²) < 4.78 is 6.46. The highest BCUT2D eigenvalue weighted by molar-refractivity contribution is 7.17. The van der Waals surface area contributed by atoms with Gasteiger partial charge < -0.3 is 21.1 Å². The molecule has 2 unspecified atom stereocenters. The summed E-state index contributed by atoms with van der Waals surface area (Å²) in [7, 11) is 1.63. The summed E-state index contributed by atoms with van der Waals surface area (Å²) >= 11 is 14.6. The van der Waals surface area contributed by atoms with Crippen molar-refractivity contribution in [3.63, 3.8) is 0 Å². The lowest BCUT2D eigenvalue weighted by molar-refractivity contribution is -0.128. The summed E-state index contributed by atoms with van der Waals surface area (Å²) in [6.07, 6.45) is 5.48. The number of nitrogens with one attached hydrogen (secondary N) is 4. The summed E-state index contributed by atoms with van der Waals surface area (Å²) in [6.45, 7) is 5.41. The number of carbonyl (C=O) groups is 2. The average molecular weight is 667 g/mol. The third kappa shape index (κ3) is 8.31. The predicted octanol–water partition coefficient (Wildman–Crippen LogP) is 5.65. The first-order chi connectivity index (χ1) is 20.5. The van der Waals surface area contributed by atoms with Crippen molar-refractivity contribution in [3.05, 3.63) is 67.0 Å². The van der Waals surface area contributed by atoms with E-state index in [1.165, 1.54) is 16.2 Å². The van der Waals surface area contributed by atoms with Gasteiger partial charge in [0.1, 0.15) is 5.82 Å². The van der Waals surface area contributed by atoms with Gasteiger partial charge in [-0.3, -0.25) is 19.8 Å². The van der Waals surface area contributed by atoms with Crippen molar-refractivity contribution in [3.8, 4) is 5.06 Å². The maximum absolute atomic E-state index is 12.1. The van der Waals surface area contributed by atoms with E-state index in [9.17, 15) is 9.59 Å². The summed E-state index contributed by atoms with van der Waals surface area (Å²) in [5.41, 5.74) is 7.23. The van der Waals surface area contributed by atoms with E-state index < -0.39 is 10.8 Å². The Labute approximate surface area is 269 Å². The van der Waals surface area contributed by atoms with Gasteiger partial charge in [-0.2, -0.15) is 10.2 Å². The standard InChI is InChI=1S/C15H18ClN3OS.C9H14N4O.C5H5ClOS/c1-15(7-2-8-17-14(15)20)12-9-10(18-19-12)3-4-11-5-6-13(16)21-11;1-9(3-2-4-11-8(9)14)6-5-7(10)13-12-6;1-7-5-3-2-4(6)8-5/h5-6,9H,2-4,7-8H2,1H3,(H,17,20)(H,18,19);5H,2-4H2,1H3,(H,11,14)(H3,10,12,13);2-3H,1H3. The van der Waals surface area contributed by atoms with E-state index in [2.05, 4.69) is 37.1 Å². The molecule has 4 aromatic heterocycles. The van der Waals surface area contributed by atoms with Gasteiger partial charge in [-0.1, -0.05) is 34.5 Å². The number of nitrogens with zero attached hydrogens (tertiary/aromatic N) is 2. The lowest BCUT2D eigenvalue weighted by Crippen LogP contribution is -2.47. The van der Waals surface area contributed by atoms with Crippen molar-refractivity contribution in [2.45, 2.75) is 63.2 Å². The molecule has 0 aliphatic carbocycles. The second-order valence-electron chi connectivity index (χ2n) is 10.8. The van der Waals surface area contributed by atoms with E-state index in [1.807, 2.05) is 38.1 Å². The molecule has 0 spiro atoms. The number of rotatable bonds is 6. The number of methoxy groups -OCH3 is 1. The molecule has 2 aliphatic rings. The number of piperidine rings is 2. The molecule has 2 aliphatic heterocycles. The number of aromatic amines is 2. The molecule has 232 valence electrons. The number of anilines is 1. The third-order valence-corrected chi connectivity index (χ3v) is 10.2. The van der Waals surface area contributed by atoms with Gasteiger partial charge in [0.2, 0.25) is 11.8 Å². The minimum Gasteiger partial charge on any atom is -0.487 e. The lowest BCUT2D eigenvalue weighted by Gasteiger charge is -2.31. The molecular weight excluding hydrogens is 629 g/mol. The zero-order valence-corrected chi connectivity index (χ0v) is 27.5. The smallest absolute Gasteiger partial charge is 0.232 e. The van der Waals surface area contributed by atoms with Crippen molar-refractivity contribution < 1.29 is 14.3 Å². The Bertz CT molecular complexity index is 1520. The highest BCUT2D eigenvalue weighted by atomic mass is 35.5. The number of H-pyrrole nitrogens is 2. The molecule has 0 bridgehead atoms. The van der Waals surface area contributed by atoms with Gasteiger partial charge in [0.25, 0.3) is 0 Å². The topological polar surface area (TPSA) is 151 Å². The van der Waals surface area contributed by atoms with Gasteiger partial charge in [0.15, 0.2) is 5.06 Å². The third-order valence-electron chi connectivity index (χ3n) is 7.69. The Morgan fingerprint density at radius 3 is 2.05 bits per heavy atom. The van der Waals surface area contributed by atoms with Crippen LogP contribution in [0.1, 0.15) is 61.5 Å². The second kappa shape index (κ2) is 14.6. The first kappa shape index (κ1) is 32.8. The number of ether oxygens (including phenoxy) is 1. The summed E-state index contributed by atoms with van der Waals surface area (Å²) in [4.78, 5) is 25.1. The first-order valence-electron chi connectivity index (χ1n) is 14.0. The molecule has 2 fully saturated rings. The van der Waals surface area contributed by atoms with Crippen LogP contribution in [0.25, 0.3) is 0 Å². The van der Waals surface area contributed by atoms with Gasteiger partial charge in [-0.25, -0.2) is 0 Å². The minimum atomic E-state index is -0.501. The number of hydrogen-bond donors (Lipinski definition) is 5. The monoisotopic (exact) mass is 665 g/mol. The van der Waals surface area contributed by atoms with Crippen LogP contribution < -0.4 is 21.1 Å². The number of nitrogens with two attached hydrogens (primary N) is 1. The van der Waals surface area contributed by atoms with Crippen LogP contribution in [0.15, 0.2) is 36.4 Å². The molecule has 0 radical (unpaired) electrons. The van der Waals surface area contributed by atoms with Crippen molar-refractivity contribution in [1.82, 2.24) is 31.0 Å². The van der Waals surface area contributed by atoms with Crippen LogP contribution >= 0.6 is 45.9 Å². The fraction of sp³-hybridized carbons (Fsp3) is 0.448. The van der Waals surface area contributed by atoms with Crippen LogP contribution in [-0.2, 0) is 33.3 Å². The molecule has 0 saturated carbocycles. The molecule has 2 amide bonds. The molecule has 14 heteroatoms. The molecule has 6 rings (SSSR count). The molecule has 43 heavy (non-hydrogen) atoms. The number of amides is 2. The van der Waals surface area contributed by atoms with Crippen LogP contribution in [0, 0.1) is 0 Å². The first-order valence-corrected chi connectivity index (χ1v) is 16.4. The van der Waals surface area contributed by atoms with Gasteiger partial charge >= 0.3 is 0 Å². The Morgan fingerprint density at radius 2 is 1.53 bits per heavy atom. The van der Waals surface area contributed by atoms with Crippen molar-refractivity contribution >= 4 is 63.5 Å². The maximum atomic E-state index is 12.1. The average Bonchev–Trinajstić information content (AvgIpc) is 3.80.